The Balaban J connectivity index is 2.04. The molecule has 0 spiro atoms. The van der Waals surface area contributed by atoms with E-state index in [1.807, 2.05) is 48.5 Å². The molecule has 26 heavy (non-hydrogen) atoms. The summed E-state index contributed by atoms with van der Waals surface area (Å²) < 4.78 is 23.2. The Morgan fingerprint density at radius 3 is 1.92 bits per heavy atom. The topological polar surface area (TPSA) is 38.7 Å². The van der Waals surface area contributed by atoms with Crippen LogP contribution in [-0.2, 0) is 5.41 Å². The van der Waals surface area contributed by atoms with Gasteiger partial charge in [0.05, 0.1) is 19.2 Å². The van der Waals surface area contributed by atoms with Crippen LogP contribution in [0.4, 0.5) is 4.39 Å². The molecule has 142 valence electrons. The number of rotatable bonds is 10. The molecule has 0 radical (unpaired) electrons. The Hall–Kier alpha value is -1.78. The molecule has 3 nitrogen and oxygen atoms in total. The van der Waals surface area contributed by atoms with Gasteiger partial charge in [-0.25, -0.2) is 0 Å². The summed E-state index contributed by atoms with van der Waals surface area (Å²) in [6, 6.07) is 15.7. The molecule has 0 saturated heterocycles. The maximum absolute atomic E-state index is 12.1. The van der Waals surface area contributed by atoms with Gasteiger partial charge in [0.1, 0.15) is 24.2 Å². The highest BCUT2D eigenvalue weighted by molar-refractivity contribution is 6.18. The Bertz CT molecular complexity index is 656. The number of halogens is 2. The fourth-order valence-corrected chi connectivity index (χ4v) is 2.67. The molecule has 1 N–H and O–H groups in total. The summed E-state index contributed by atoms with van der Waals surface area (Å²) in [6.07, 6.45) is -0.262. The Kier molecular flexibility index (Phi) is 7.73. The van der Waals surface area contributed by atoms with Gasteiger partial charge in [-0.05, 0) is 35.4 Å². The van der Waals surface area contributed by atoms with Crippen molar-refractivity contribution in [3.63, 3.8) is 0 Å². The van der Waals surface area contributed by atoms with E-state index in [9.17, 15) is 9.50 Å². The molecule has 0 aromatic heterocycles. The monoisotopic (exact) mass is 380 g/mol. The number of aliphatic hydroxyl groups excluding tert-OH is 1. The Morgan fingerprint density at radius 2 is 1.46 bits per heavy atom. The van der Waals surface area contributed by atoms with E-state index >= 15 is 0 Å². The Morgan fingerprint density at radius 1 is 0.962 bits per heavy atom. The number of alkyl halides is 2. The van der Waals surface area contributed by atoms with Gasteiger partial charge in [-0.2, -0.15) is 0 Å². The predicted octanol–water partition coefficient (Wildman–Crippen LogP) is 4.73. The van der Waals surface area contributed by atoms with Crippen molar-refractivity contribution in [2.45, 2.75) is 31.8 Å². The van der Waals surface area contributed by atoms with Gasteiger partial charge in [0.15, 0.2) is 0 Å². The van der Waals surface area contributed by atoms with Gasteiger partial charge in [-0.15, -0.1) is 11.6 Å². The maximum Gasteiger partial charge on any atom is 0.119 e. The van der Waals surface area contributed by atoms with Crippen molar-refractivity contribution < 1.29 is 19.0 Å². The molecule has 0 amide bonds. The average Bonchev–Trinajstić information content (AvgIpc) is 2.67. The molecule has 0 unspecified atom stereocenters. The normalized spacial score (nSPS) is 12.7. The molecule has 0 bridgehead atoms. The van der Waals surface area contributed by atoms with Gasteiger partial charge in [-0.3, -0.25) is 4.39 Å². The van der Waals surface area contributed by atoms with E-state index in [2.05, 4.69) is 13.8 Å². The van der Waals surface area contributed by atoms with Crippen molar-refractivity contribution in [3.05, 3.63) is 59.7 Å². The van der Waals surface area contributed by atoms with Crippen LogP contribution in [0.3, 0.4) is 0 Å². The fraction of sp³-hybridized carbons (Fsp3) is 0.429. The first-order valence-corrected chi connectivity index (χ1v) is 9.27. The highest BCUT2D eigenvalue weighted by Crippen LogP contribution is 2.33. The lowest BCUT2D eigenvalue weighted by Crippen LogP contribution is -2.20. The average molecular weight is 381 g/mol. The van der Waals surface area contributed by atoms with Crippen LogP contribution in [0, 0.1) is 0 Å². The first-order chi connectivity index (χ1) is 12.5. The number of benzene rings is 2. The van der Waals surface area contributed by atoms with Gasteiger partial charge >= 0.3 is 0 Å². The summed E-state index contributed by atoms with van der Waals surface area (Å²) in [5.74, 6) is 1.60. The van der Waals surface area contributed by atoms with Crippen molar-refractivity contribution in [2.24, 2.45) is 0 Å². The van der Waals surface area contributed by atoms with E-state index < -0.39 is 6.10 Å². The predicted molar refractivity (Wildman–Crippen MR) is 103 cm³/mol. The van der Waals surface area contributed by atoms with E-state index in [4.69, 9.17) is 21.1 Å². The van der Waals surface area contributed by atoms with Gasteiger partial charge < -0.3 is 14.6 Å². The van der Waals surface area contributed by atoms with Crippen LogP contribution in [0.25, 0.3) is 0 Å². The van der Waals surface area contributed by atoms with Crippen LogP contribution in [-0.4, -0.2) is 37.0 Å². The molecular weight excluding hydrogens is 355 g/mol. The molecule has 0 aliphatic rings. The maximum atomic E-state index is 12.1. The first kappa shape index (κ1) is 20.5. The van der Waals surface area contributed by atoms with Crippen LogP contribution in [0.15, 0.2) is 48.5 Å². The Labute approximate surface area is 159 Å². The number of aliphatic hydroxyl groups is 1. The smallest absolute Gasteiger partial charge is 0.119 e. The number of hydrogen-bond acceptors (Lipinski definition) is 3. The third-order valence-corrected chi connectivity index (χ3v) is 4.68. The molecule has 5 heteroatoms. The van der Waals surface area contributed by atoms with Crippen LogP contribution in [0.1, 0.15) is 31.4 Å². The second-order valence-corrected chi connectivity index (χ2v) is 6.99. The lowest BCUT2D eigenvalue weighted by Gasteiger charge is -2.26. The van der Waals surface area contributed by atoms with E-state index in [1.165, 1.54) is 0 Å². The molecule has 0 saturated carbocycles. The van der Waals surface area contributed by atoms with E-state index in [1.54, 1.807) is 0 Å². The van der Waals surface area contributed by atoms with Gasteiger partial charge in [-0.1, -0.05) is 38.1 Å². The summed E-state index contributed by atoms with van der Waals surface area (Å²) in [5, 5.41) is 9.46. The molecule has 2 rings (SSSR count). The summed E-state index contributed by atoms with van der Waals surface area (Å²) in [6.45, 7) is 4.50. The van der Waals surface area contributed by atoms with Crippen molar-refractivity contribution in [2.75, 3.05) is 25.8 Å². The second-order valence-electron chi connectivity index (χ2n) is 6.68. The summed E-state index contributed by atoms with van der Waals surface area (Å²) >= 11 is 5.56. The van der Waals surface area contributed by atoms with Gasteiger partial charge in [0, 0.05) is 11.8 Å². The standard InChI is InChI=1S/C21H26ClFO3/c1-21(2,16-4-8-19(9-5-16)25-13-3-12-23)17-6-10-20(11-7-17)26-15-18(24)14-22/h4-11,18,24H,3,12-15H2,1-2H3/t18-/m1/s1. The van der Waals surface area contributed by atoms with Crippen LogP contribution in [0.5, 0.6) is 11.5 Å². The molecule has 0 aliphatic heterocycles. The molecule has 2 aromatic carbocycles. The third kappa shape index (κ3) is 5.61. The summed E-state index contributed by atoms with van der Waals surface area (Å²) in [5.41, 5.74) is 2.11. The van der Waals surface area contributed by atoms with Gasteiger partial charge in [0.2, 0.25) is 0 Å². The fourth-order valence-electron chi connectivity index (χ4n) is 2.58. The molecule has 0 aliphatic carbocycles. The van der Waals surface area contributed by atoms with Crippen molar-refractivity contribution in [1.82, 2.24) is 0 Å². The zero-order chi connectivity index (χ0) is 19.0. The van der Waals surface area contributed by atoms with Crippen molar-refractivity contribution in [3.8, 4) is 11.5 Å². The van der Waals surface area contributed by atoms with Gasteiger partial charge in [0.25, 0.3) is 0 Å². The summed E-state index contributed by atoms with van der Waals surface area (Å²) in [4.78, 5) is 0. The lowest BCUT2D eigenvalue weighted by molar-refractivity contribution is 0.125. The molecule has 2 aromatic rings. The van der Waals surface area contributed by atoms with Crippen LogP contribution in [0.2, 0.25) is 0 Å². The van der Waals surface area contributed by atoms with E-state index in [-0.39, 0.29) is 24.6 Å². The minimum atomic E-state index is -0.668. The molecular formula is C21H26ClFO3. The molecule has 1 atom stereocenters. The SMILES string of the molecule is CC(C)(c1ccc(OCCCF)cc1)c1ccc(OC[C@H](O)CCl)cc1. The van der Waals surface area contributed by atoms with E-state index in [0.29, 0.717) is 18.8 Å². The highest BCUT2D eigenvalue weighted by atomic mass is 35.5. The summed E-state index contributed by atoms with van der Waals surface area (Å²) in [7, 11) is 0. The number of hydrogen-bond donors (Lipinski definition) is 1. The minimum absolute atomic E-state index is 0.151. The quantitative estimate of drug-likeness (QED) is 0.478. The largest absolute Gasteiger partial charge is 0.494 e. The number of ether oxygens (including phenoxy) is 2. The van der Waals surface area contributed by atoms with Crippen LogP contribution < -0.4 is 9.47 Å². The van der Waals surface area contributed by atoms with Crippen molar-refractivity contribution >= 4 is 11.6 Å². The first-order valence-electron chi connectivity index (χ1n) is 8.74. The zero-order valence-corrected chi connectivity index (χ0v) is 16.0. The van der Waals surface area contributed by atoms with E-state index in [0.717, 1.165) is 16.9 Å². The third-order valence-electron chi connectivity index (χ3n) is 4.32. The lowest BCUT2D eigenvalue weighted by atomic mass is 9.78. The van der Waals surface area contributed by atoms with Crippen molar-refractivity contribution in [1.29, 1.82) is 0 Å². The zero-order valence-electron chi connectivity index (χ0n) is 15.3. The highest BCUT2D eigenvalue weighted by Gasteiger charge is 2.23. The van der Waals surface area contributed by atoms with Crippen LogP contribution >= 0.6 is 11.6 Å². The second kappa shape index (κ2) is 9.79. The molecule has 0 heterocycles. The molecule has 0 fully saturated rings. The minimum Gasteiger partial charge on any atom is -0.494 e.